The molecule has 0 fully saturated rings. The maximum atomic E-state index is 13.0. The highest BCUT2D eigenvalue weighted by molar-refractivity contribution is 5.36. The zero-order valence-electron chi connectivity index (χ0n) is 6.44. The SMILES string of the molecule is Fc1ccc2c(c1F)CCCO2. The largest absolute Gasteiger partial charge is 0.493 e. The maximum Gasteiger partial charge on any atom is 0.165 e. The first-order chi connectivity index (χ1) is 5.79. The molecule has 0 radical (unpaired) electrons. The van der Waals surface area contributed by atoms with E-state index < -0.39 is 11.6 Å². The van der Waals surface area contributed by atoms with Crippen molar-refractivity contribution in [2.24, 2.45) is 0 Å². The molecule has 2 rings (SSSR count). The van der Waals surface area contributed by atoms with Crippen molar-refractivity contribution in [3.63, 3.8) is 0 Å². The van der Waals surface area contributed by atoms with Gasteiger partial charge in [0.25, 0.3) is 0 Å². The fourth-order valence-electron chi connectivity index (χ4n) is 1.37. The minimum absolute atomic E-state index is 0.376. The van der Waals surface area contributed by atoms with E-state index in [4.69, 9.17) is 4.74 Å². The van der Waals surface area contributed by atoms with Crippen LogP contribution in [0.2, 0.25) is 0 Å². The van der Waals surface area contributed by atoms with E-state index in [0.29, 0.717) is 24.3 Å². The van der Waals surface area contributed by atoms with Crippen molar-refractivity contribution in [1.29, 1.82) is 0 Å². The van der Waals surface area contributed by atoms with E-state index in [-0.39, 0.29) is 0 Å². The van der Waals surface area contributed by atoms with Crippen LogP contribution in [0.1, 0.15) is 12.0 Å². The fourth-order valence-corrected chi connectivity index (χ4v) is 1.37. The van der Waals surface area contributed by atoms with E-state index in [0.717, 1.165) is 12.5 Å². The molecule has 0 saturated carbocycles. The molecular weight excluding hydrogens is 162 g/mol. The Hall–Kier alpha value is -1.12. The number of hydrogen-bond donors (Lipinski definition) is 0. The van der Waals surface area contributed by atoms with Crippen molar-refractivity contribution < 1.29 is 13.5 Å². The first kappa shape index (κ1) is 7.53. The van der Waals surface area contributed by atoms with Crippen LogP contribution >= 0.6 is 0 Å². The number of halogens is 2. The molecule has 0 aromatic heterocycles. The van der Waals surface area contributed by atoms with Crippen LogP contribution in [0, 0.1) is 11.6 Å². The van der Waals surface area contributed by atoms with Crippen LogP contribution in [0.4, 0.5) is 8.78 Å². The summed E-state index contributed by atoms with van der Waals surface area (Å²) in [6.07, 6.45) is 1.33. The lowest BCUT2D eigenvalue weighted by Crippen LogP contribution is -2.10. The smallest absolute Gasteiger partial charge is 0.165 e. The van der Waals surface area contributed by atoms with E-state index in [1.165, 1.54) is 6.07 Å². The second-order valence-electron chi connectivity index (χ2n) is 2.79. The Bertz CT molecular complexity index is 310. The van der Waals surface area contributed by atoms with Gasteiger partial charge in [0.05, 0.1) is 6.61 Å². The molecular formula is C9H8F2O. The van der Waals surface area contributed by atoms with Crippen molar-refractivity contribution in [1.82, 2.24) is 0 Å². The quantitative estimate of drug-likeness (QED) is 0.580. The van der Waals surface area contributed by atoms with Gasteiger partial charge in [-0.15, -0.1) is 0 Å². The van der Waals surface area contributed by atoms with Gasteiger partial charge in [-0.05, 0) is 25.0 Å². The summed E-state index contributed by atoms with van der Waals surface area (Å²) in [6.45, 7) is 0.595. The van der Waals surface area contributed by atoms with Crippen LogP contribution < -0.4 is 4.74 Å². The summed E-state index contributed by atoms with van der Waals surface area (Å²) in [5.74, 6) is -1.06. The number of benzene rings is 1. The number of rotatable bonds is 0. The van der Waals surface area contributed by atoms with Crippen LogP contribution in [0.5, 0.6) is 5.75 Å². The van der Waals surface area contributed by atoms with Gasteiger partial charge in [0, 0.05) is 5.56 Å². The first-order valence-corrected chi connectivity index (χ1v) is 3.89. The number of fused-ring (bicyclic) bond motifs is 1. The molecule has 0 atom stereocenters. The molecule has 0 aliphatic carbocycles. The lowest BCUT2D eigenvalue weighted by Gasteiger charge is -2.17. The molecule has 64 valence electrons. The monoisotopic (exact) mass is 170 g/mol. The van der Waals surface area contributed by atoms with Gasteiger partial charge in [-0.2, -0.15) is 0 Å². The Kier molecular flexibility index (Phi) is 1.71. The Morgan fingerprint density at radius 1 is 1.25 bits per heavy atom. The number of hydrogen-bond acceptors (Lipinski definition) is 1. The molecule has 1 aromatic rings. The average Bonchev–Trinajstić information content (AvgIpc) is 2.12. The highest BCUT2D eigenvalue weighted by Gasteiger charge is 2.17. The van der Waals surface area contributed by atoms with Crippen molar-refractivity contribution in [3.05, 3.63) is 29.3 Å². The Labute approximate surface area is 69.0 Å². The van der Waals surface area contributed by atoms with Gasteiger partial charge in [0.2, 0.25) is 0 Å². The van der Waals surface area contributed by atoms with Gasteiger partial charge in [-0.3, -0.25) is 0 Å². The molecule has 1 aliphatic heterocycles. The minimum atomic E-state index is -0.792. The molecule has 0 bridgehead atoms. The van der Waals surface area contributed by atoms with Gasteiger partial charge < -0.3 is 4.74 Å². The zero-order valence-corrected chi connectivity index (χ0v) is 6.44. The summed E-state index contributed by atoms with van der Waals surface area (Å²) in [6, 6.07) is 2.58. The molecule has 0 unspecified atom stereocenters. The highest BCUT2D eigenvalue weighted by atomic mass is 19.2. The maximum absolute atomic E-state index is 13.0. The van der Waals surface area contributed by atoms with E-state index in [1.807, 2.05) is 0 Å². The molecule has 1 heterocycles. The summed E-state index contributed by atoms with van der Waals surface area (Å²) in [4.78, 5) is 0. The highest BCUT2D eigenvalue weighted by Crippen LogP contribution is 2.28. The van der Waals surface area contributed by atoms with Gasteiger partial charge in [0.1, 0.15) is 5.75 Å². The van der Waals surface area contributed by atoms with E-state index in [2.05, 4.69) is 0 Å². The van der Waals surface area contributed by atoms with Gasteiger partial charge in [0.15, 0.2) is 11.6 Å². The average molecular weight is 170 g/mol. The molecule has 3 heteroatoms. The van der Waals surface area contributed by atoms with Crippen molar-refractivity contribution in [3.8, 4) is 5.75 Å². The summed E-state index contributed by atoms with van der Waals surface area (Å²) in [7, 11) is 0. The predicted molar refractivity (Wildman–Crippen MR) is 40.2 cm³/mol. The van der Waals surface area contributed by atoms with Crippen LogP contribution in [0.3, 0.4) is 0 Å². The second kappa shape index (κ2) is 2.73. The first-order valence-electron chi connectivity index (χ1n) is 3.89. The molecule has 1 nitrogen and oxygen atoms in total. The predicted octanol–water partition coefficient (Wildman–Crippen LogP) is 2.29. The van der Waals surface area contributed by atoms with E-state index in [1.54, 1.807) is 0 Å². The molecule has 0 saturated heterocycles. The van der Waals surface area contributed by atoms with E-state index >= 15 is 0 Å². The topological polar surface area (TPSA) is 9.23 Å². The van der Waals surface area contributed by atoms with E-state index in [9.17, 15) is 8.78 Å². The standard InChI is InChI=1S/C9H8F2O/c10-7-3-4-8-6(9(7)11)2-1-5-12-8/h3-4H,1-2,5H2. The van der Waals surface area contributed by atoms with Crippen molar-refractivity contribution >= 4 is 0 Å². The molecule has 0 N–H and O–H groups in total. The van der Waals surface area contributed by atoms with Gasteiger partial charge in [-0.1, -0.05) is 0 Å². The second-order valence-corrected chi connectivity index (χ2v) is 2.79. The summed E-state index contributed by atoms with van der Waals surface area (Å²) in [5.41, 5.74) is 0.376. The lowest BCUT2D eigenvalue weighted by molar-refractivity contribution is 0.281. The molecule has 12 heavy (non-hydrogen) atoms. The third-order valence-electron chi connectivity index (χ3n) is 1.98. The van der Waals surface area contributed by atoms with Gasteiger partial charge >= 0.3 is 0 Å². The van der Waals surface area contributed by atoms with Crippen molar-refractivity contribution in [2.45, 2.75) is 12.8 Å². The zero-order chi connectivity index (χ0) is 8.55. The van der Waals surface area contributed by atoms with Crippen molar-refractivity contribution in [2.75, 3.05) is 6.61 Å². The minimum Gasteiger partial charge on any atom is -0.493 e. The molecule has 0 amide bonds. The summed E-state index contributed by atoms with van der Waals surface area (Å²) >= 11 is 0. The Morgan fingerprint density at radius 3 is 2.92 bits per heavy atom. The Balaban J connectivity index is 2.54. The fraction of sp³-hybridized carbons (Fsp3) is 0.333. The van der Waals surface area contributed by atoms with Crippen LogP contribution in [0.25, 0.3) is 0 Å². The molecule has 1 aromatic carbocycles. The molecule has 1 aliphatic rings. The lowest BCUT2D eigenvalue weighted by atomic mass is 10.1. The third kappa shape index (κ3) is 1.05. The van der Waals surface area contributed by atoms with Gasteiger partial charge in [-0.25, -0.2) is 8.78 Å². The summed E-state index contributed by atoms with van der Waals surface area (Å²) in [5, 5.41) is 0. The Morgan fingerprint density at radius 2 is 2.08 bits per heavy atom. The third-order valence-corrected chi connectivity index (χ3v) is 1.98. The van der Waals surface area contributed by atoms with Crippen LogP contribution in [-0.2, 0) is 6.42 Å². The van der Waals surface area contributed by atoms with Crippen LogP contribution in [-0.4, -0.2) is 6.61 Å². The normalized spacial score (nSPS) is 15.2. The molecule has 0 spiro atoms. The van der Waals surface area contributed by atoms with Crippen LogP contribution in [0.15, 0.2) is 12.1 Å². The summed E-state index contributed by atoms with van der Waals surface area (Å²) < 4.78 is 30.9. The number of ether oxygens (including phenoxy) is 1.